The lowest BCUT2D eigenvalue weighted by molar-refractivity contribution is 0.133. The molecule has 1 heterocycles. The Labute approximate surface area is 148 Å². The van der Waals surface area contributed by atoms with Crippen LogP contribution in [0.2, 0.25) is 0 Å². The average molecular weight is 336 g/mol. The summed E-state index contributed by atoms with van der Waals surface area (Å²) in [5.41, 5.74) is 4.13. The van der Waals surface area contributed by atoms with Gasteiger partial charge < -0.3 is 14.8 Å². The predicted molar refractivity (Wildman–Crippen MR) is 99.1 cm³/mol. The van der Waals surface area contributed by atoms with Gasteiger partial charge in [-0.15, -0.1) is 0 Å². The molecule has 2 N–H and O–H groups in total. The molecule has 25 heavy (non-hydrogen) atoms. The molecule has 0 aliphatic heterocycles. The van der Waals surface area contributed by atoms with E-state index in [4.69, 9.17) is 4.42 Å². The second-order valence-electron chi connectivity index (χ2n) is 6.44. The zero-order chi connectivity index (χ0) is 17.6. The Bertz CT molecular complexity index is 781. The van der Waals surface area contributed by atoms with Crippen LogP contribution < -0.4 is 5.32 Å². The molecule has 3 rings (SSSR count). The van der Waals surface area contributed by atoms with E-state index in [1.807, 2.05) is 61.5 Å². The van der Waals surface area contributed by atoms with Crippen molar-refractivity contribution in [1.29, 1.82) is 0 Å². The molecule has 0 saturated heterocycles. The molecule has 2 aromatic carbocycles. The number of aliphatic hydroxyl groups is 1. The largest absolute Gasteiger partial charge is 0.444 e. The monoisotopic (exact) mass is 336 g/mol. The van der Waals surface area contributed by atoms with Gasteiger partial charge in [-0.25, -0.2) is 4.98 Å². The van der Waals surface area contributed by atoms with Gasteiger partial charge in [0.2, 0.25) is 5.89 Å². The van der Waals surface area contributed by atoms with Crippen LogP contribution in [0.3, 0.4) is 0 Å². The van der Waals surface area contributed by atoms with Gasteiger partial charge in [-0.2, -0.15) is 0 Å². The van der Waals surface area contributed by atoms with E-state index in [0.717, 1.165) is 16.8 Å². The van der Waals surface area contributed by atoms with Crippen molar-refractivity contribution in [2.75, 3.05) is 0 Å². The van der Waals surface area contributed by atoms with Crippen LogP contribution in [0, 0.1) is 6.92 Å². The fourth-order valence-electron chi connectivity index (χ4n) is 2.65. The van der Waals surface area contributed by atoms with E-state index < -0.39 is 6.10 Å². The number of aryl methyl sites for hydroxylation is 1. The van der Waals surface area contributed by atoms with Gasteiger partial charge in [0.1, 0.15) is 6.26 Å². The fraction of sp³-hybridized carbons (Fsp3) is 0.286. The fourth-order valence-corrected chi connectivity index (χ4v) is 2.65. The molecule has 0 radical (unpaired) electrons. The molecule has 0 spiro atoms. The lowest BCUT2D eigenvalue weighted by Crippen LogP contribution is -2.38. The molecular weight excluding hydrogens is 312 g/mol. The van der Waals surface area contributed by atoms with E-state index in [0.29, 0.717) is 18.9 Å². The quantitative estimate of drug-likeness (QED) is 0.690. The van der Waals surface area contributed by atoms with E-state index in [9.17, 15) is 5.11 Å². The lowest BCUT2D eigenvalue weighted by Gasteiger charge is -2.19. The van der Waals surface area contributed by atoms with E-state index in [2.05, 4.69) is 17.2 Å². The summed E-state index contributed by atoms with van der Waals surface area (Å²) < 4.78 is 5.57. The number of nitrogens with zero attached hydrogens (tertiary/aromatic N) is 1. The molecule has 0 aliphatic rings. The number of aromatic nitrogens is 1. The third kappa shape index (κ3) is 4.78. The van der Waals surface area contributed by atoms with Gasteiger partial charge in [0, 0.05) is 18.2 Å². The van der Waals surface area contributed by atoms with Gasteiger partial charge in [-0.1, -0.05) is 48.0 Å². The molecule has 0 aliphatic carbocycles. The van der Waals surface area contributed by atoms with Crippen molar-refractivity contribution in [1.82, 2.24) is 10.3 Å². The van der Waals surface area contributed by atoms with Crippen LogP contribution in [0.4, 0.5) is 0 Å². The predicted octanol–water partition coefficient (Wildman–Crippen LogP) is 3.73. The van der Waals surface area contributed by atoms with E-state index in [1.54, 1.807) is 6.26 Å². The first-order valence-corrected chi connectivity index (χ1v) is 8.58. The number of nitrogens with one attached hydrogen (secondary N) is 1. The third-order valence-corrected chi connectivity index (χ3v) is 4.32. The molecule has 0 bridgehead atoms. The van der Waals surface area contributed by atoms with Crippen LogP contribution in [-0.4, -0.2) is 22.2 Å². The van der Waals surface area contributed by atoms with E-state index >= 15 is 0 Å². The minimum Gasteiger partial charge on any atom is -0.444 e. The Morgan fingerprint density at radius 2 is 1.80 bits per heavy atom. The number of benzene rings is 2. The van der Waals surface area contributed by atoms with Crippen LogP contribution in [0.15, 0.2) is 65.3 Å². The summed E-state index contributed by atoms with van der Waals surface area (Å²) in [4.78, 5) is 4.51. The smallest absolute Gasteiger partial charge is 0.226 e. The number of hydrogen-bond acceptors (Lipinski definition) is 4. The molecule has 2 atom stereocenters. The molecular formula is C21H24N2O2. The average Bonchev–Trinajstić information content (AvgIpc) is 3.10. The number of hydrogen-bond donors (Lipinski definition) is 2. The summed E-state index contributed by atoms with van der Waals surface area (Å²) in [6.45, 7) is 4.59. The van der Waals surface area contributed by atoms with Crippen molar-refractivity contribution in [2.45, 2.75) is 39.0 Å². The summed E-state index contributed by atoms with van der Waals surface area (Å²) >= 11 is 0. The van der Waals surface area contributed by atoms with Crippen LogP contribution in [0.25, 0.3) is 11.5 Å². The third-order valence-electron chi connectivity index (χ3n) is 4.32. The van der Waals surface area contributed by atoms with Crippen LogP contribution in [0.1, 0.15) is 23.7 Å². The summed E-state index contributed by atoms with van der Waals surface area (Å²) in [5.74, 6) is 0.620. The first-order chi connectivity index (χ1) is 12.1. The molecule has 0 amide bonds. The van der Waals surface area contributed by atoms with Crippen molar-refractivity contribution < 1.29 is 9.52 Å². The maximum absolute atomic E-state index is 10.4. The highest BCUT2D eigenvalue weighted by Gasteiger charge is 2.15. The Kier molecular flexibility index (Phi) is 5.64. The molecule has 2 unspecified atom stereocenters. The minimum absolute atomic E-state index is 0.0419. The van der Waals surface area contributed by atoms with Crippen molar-refractivity contribution in [3.05, 3.63) is 77.7 Å². The molecule has 0 saturated carbocycles. The van der Waals surface area contributed by atoms with Gasteiger partial charge in [-0.05, 0) is 38.0 Å². The van der Waals surface area contributed by atoms with Gasteiger partial charge in [0.15, 0.2) is 0 Å². The summed E-state index contributed by atoms with van der Waals surface area (Å²) in [7, 11) is 0. The van der Waals surface area contributed by atoms with Crippen molar-refractivity contribution in [2.24, 2.45) is 0 Å². The van der Waals surface area contributed by atoms with Gasteiger partial charge in [0.25, 0.3) is 0 Å². The zero-order valence-electron chi connectivity index (χ0n) is 14.6. The second kappa shape index (κ2) is 8.10. The Hall–Kier alpha value is -2.43. The zero-order valence-corrected chi connectivity index (χ0v) is 14.6. The lowest BCUT2D eigenvalue weighted by atomic mass is 10.0. The number of rotatable bonds is 7. The molecule has 4 nitrogen and oxygen atoms in total. The second-order valence-corrected chi connectivity index (χ2v) is 6.44. The molecule has 4 heteroatoms. The Morgan fingerprint density at radius 1 is 1.08 bits per heavy atom. The topological polar surface area (TPSA) is 58.3 Å². The van der Waals surface area contributed by atoms with Crippen molar-refractivity contribution in [3.8, 4) is 11.5 Å². The Balaban J connectivity index is 1.53. The van der Waals surface area contributed by atoms with Crippen LogP contribution in [-0.2, 0) is 13.0 Å². The molecule has 0 fully saturated rings. The summed E-state index contributed by atoms with van der Waals surface area (Å²) in [5, 5.41) is 13.7. The van der Waals surface area contributed by atoms with E-state index in [1.165, 1.54) is 5.56 Å². The highest BCUT2D eigenvalue weighted by atomic mass is 16.3. The minimum atomic E-state index is -0.453. The molecule has 3 aromatic rings. The van der Waals surface area contributed by atoms with Gasteiger partial charge >= 0.3 is 0 Å². The number of oxazole rings is 1. The summed E-state index contributed by atoms with van der Waals surface area (Å²) in [6, 6.07) is 18.1. The van der Waals surface area contributed by atoms with Gasteiger partial charge in [-0.3, -0.25) is 0 Å². The van der Waals surface area contributed by atoms with Crippen LogP contribution in [0.5, 0.6) is 0 Å². The highest BCUT2D eigenvalue weighted by molar-refractivity contribution is 5.53. The van der Waals surface area contributed by atoms with Crippen LogP contribution >= 0.6 is 0 Å². The van der Waals surface area contributed by atoms with Crippen molar-refractivity contribution >= 4 is 0 Å². The normalized spacial score (nSPS) is 13.6. The number of aliphatic hydroxyl groups excluding tert-OH is 1. The van der Waals surface area contributed by atoms with E-state index in [-0.39, 0.29) is 6.04 Å². The maximum Gasteiger partial charge on any atom is 0.226 e. The van der Waals surface area contributed by atoms with Crippen molar-refractivity contribution in [3.63, 3.8) is 0 Å². The summed E-state index contributed by atoms with van der Waals surface area (Å²) in [6.07, 6.45) is 1.84. The maximum atomic E-state index is 10.4. The Morgan fingerprint density at radius 3 is 2.52 bits per heavy atom. The standard InChI is InChI=1S/C21H24N2O2/c1-15-8-10-18(11-9-15)21-23-19(14-25-21)13-22-16(2)20(24)12-17-6-4-3-5-7-17/h3-11,14,16,20,22,24H,12-13H2,1-2H3. The molecule has 1 aromatic heterocycles. The highest BCUT2D eigenvalue weighted by Crippen LogP contribution is 2.19. The first kappa shape index (κ1) is 17.4. The first-order valence-electron chi connectivity index (χ1n) is 8.58. The molecule has 130 valence electrons. The SMILES string of the molecule is Cc1ccc(-c2nc(CNC(C)C(O)Cc3ccccc3)co2)cc1. The van der Waals surface area contributed by atoms with Gasteiger partial charge in [0.05, 0.1) is 11.8 Å².